The molecule has 3 aromatic rings. The van der Waals surface area contributed by atoms with Crippen LogP contribution in [0, 0.1) is 0 Å². The normalized spacial score (nSPS) is 13.8. The fraction of sp³-hybridized carbons (Fsp3) is 0.357. The topological polar surface area (TPSA) is 62.3 Å². The second kappa shape index (κ2) is 13.8. The molecule has 2 aromatic carbocycles. The third-order valence-corrected chi connectivity index (χ3v) is 6.93. The van der Waals surface area contributed by atoms with Gasteiger partial charge in [0.15, 0.2) is 6.61 Å². The molecule has 0 aliphatic carbocycles. The summed E-state index contributed by atoms with van der Waals surface area (Å²) in [5.74, 6) is 0.354. The lowest BCUT2D eigenvalue weighted by atomic mass is 10.2. The summed E-state index contributed by atoms with van der Waals surface area (Å²) in [6.07, 6.45) is 0. The van der Waals surface area contributed by atoms with Crippen LogP contribution >= 0.6 is 11.3 Å². The fourth-order valence-electron chi connectivity index (χ4n) is 4.02. The predicted molar refractivity (Wildman–Crippen MR) is 141 cm³/mol. The maximum absolute atomic E-state index is 13.6. The number of benzene rings is 2. The van der Waals surface area contributed by atoms with Crippen molar-refractivity contribution in [2.75, 3.05) is 52.5 Å². The number of rotatable bonds is 12. The number of morpholine rings is 1. The number of hydrogen-bond acceptors (Lipinski definition) is 6. The Hall–Kier alpha value is -3.20. The highest BCUT2D eigenvalue weighted by Gasteiger charge is 2.23. The van der Waals surface area contributed by atoms with Crippen molar-refractivity contribution in [2.45, 2.75) is 13.1 Å². The highest BCUT2D eigenvalue weighted by atomic mass is 32.1. The Morgan fingerprint density at radius 2 is 1.58 bits per heavy atom. The fourth-order valence-corrected chi connectivity index (χ4v) is 4.74. The summed E-state index contributed by atoms with van der Waals surface area (Å²) in [7, 11) is 0. The molecule has 0 unspecified atom stereocenters. The third kappa shape index (κ3) is 8.19. The lowest BCUT2D eigenvalue weighted by Crippen LogP contribution is -2.48. The smallest absolute Gasteiger partial charge is 0.261 e. The molecule has 2 heterocycles. The van der Waals surface area contributed by atoms with Gasteiger partial charge in [-0.25, -0.2) is 0 Å². The summed E-state index contributed by atoms with van der Waals surface area (Å²) in [4.78, 5) is 33.6. The van der Waals surface area contributed by atoms with Crippen molar-refractivity contribution in [3.05, 3.63) is 88.6 Å². The highest BCUT2D eigenvalue weighted by molar-refractivity contribution is 7.09. The zero-order chi connectivity index (χ0) is 25.0. The number of carbonyl (C=O) groups excluding carboxylic acids is 2. The van der Waals surface area contributed by atoms with Crippen LogP contribution in [0.4, 0.5) is 0 Å². The van der Waals surface area contributed by atoms with Gasteiger partial charge in [0, 0.05) is 37.6 Å². The first kappa shape index (κ1) is 25.9. The molecule has 0 radical (unpaired) electrons. The van der Waals surface area contributed by atoms with Gasteiger partial charge in [0.25, 0.3) is 5.91 Å². The Bertz CT molecular complexity index is 1060. The van der Waals surface area contributed by atoms with E-state index in [1.165, 1.54) is 0 Å². The lowest BCUT2D eigenvalue weighted by molar-refractivity contribution is -0.142. The molecule has 190 valence electrons. The minimum absolute atomic E-state index is 0.0134. The van der Waals surface area contributed by atoms with Gasteiger partial charge in [-0.3, -0.25) is 14.5 Å². The van der Waals surface area contributed by atoms with Crippen molar-refractivity contribution in [1.29, 1.82) is 0 Å². The number of nitrogens with zero attached hydrogens (tertiary/aromatic N) is 3. The van der Waals surface area contributed by atoms with Gasteiger partial charge in [-0.15, -0.1) is 11.3 Å². The monoisotopic (exact) mass is 507 g/mol. The van der Waals surface area contributed by atoms with Crippen LogP contribution in [0.15, 0.2) is 78.2 Å². The van der Waals surface area contributed by atoms with Crippen molar-refractivity contribution in [1.82, 2.24) is 14.7 Å². The van der Waals surface area contributed by atoms with Crippen molar-refractivity contribution >= 4 is 23.2 Å². The maximum Gasteiger partial charge on any atom is 0.261 e. The van der Waals surface area contributed by atoms with E-state index in [2.05, 4.69) is 4.90 Å². The van der Waals surface area contributed by atoms with Gasteiger partial charge in [0.1, 0.15) is 5.75 Å². The van der Waals surface area contributed by atoms with Gasteiger partial charge < -0.3 is 19.3 Å². The molecule has 1 aromatic heterocycles. The van der Waals surface area contributed by atoms with Crippen molar-refractivity contribution in [3.63, 3.8) is 0 Å². The lowest BCUT2D eigenvalue weighted by Gasteiger charge is -2.31. The van der Waals surface area contributed by atoms with Crippen molar-refractivity contribution in [2.24, 2.45) is 0 Å². The van der Waals surface area contributed by atoms with Crippen LogP contribution < -0.4 is 4.74 Å². The van der Waals surface area contributed by atoms with Crippen LogP contribution in [0.5, 0.6) is 5.75 Å². The van der Waals surface area contributed by atoms with Gasteiger partial charge in [-0.1, -0.05) is 54.6 Å². The highest BCUT2D eigenvalue weighted by Crippen LogP contribution is 2.16. The molecule has 1 fully saturated rings. The number of thiophene rings is 1. The molecule has 2 amide bonds. The van der Waals surface area contributed by atoms with Crippen LogP contribution in [0.25, 0.3) is 0 Å². The maximum atomic E-state index is 13.6. The first-order valence-electron chi connectivity index (χ1n) is 12.3. The summed E-state index contributed by atoms with van der Waals surface area (Å²) >= 11 is 1.63. The second-order valence-electron chi connectivity index (χ2n) is 8.69. The molecule has 36 heavy (non-hydrogen) atoms. The number of amides is 2. The summed E-state index contributed by atoms with van der Waals surface area (Å²) < 4.78 is 11.2. The van der Waals surface area contributed by atoms with E-state index in [0.29, 0.717) is 45.1 Å². The molecule has 0 spiro atoms. The van der Waals surface area contributed by atoms with Crippen molar-refractivity contribution in [3.8, 4) is 5.75 Å². The summed E-state index contributed by atoms with van der Waals surface area (Å²) in [6.45, 7) is 5.10. The van der Waals surface area contributed by atoms with Gasteiger partial charge >= 0.3 is 0 Å². The first-order chi connectivity index (χ1) is 17.7. The number of hydrogen-bond donors (Lipinski definition) is 0. The molecule has 7 nitrogen and oxygen atoms in total. The standard InChI is InChI=1S/C28H33N3O4S/c32-27(31(21-26-12-7-19-36-26)20-24-8-3-1-4-9-24)22-30(14-13-29-15-17-34-18-16-29)28(33)23-35-25-10-5-2-6-11-25/h1-12,19H,13-18,20-23H2. The summed E-state index contributed by atoms with van der Waals surface area (Å²) in [6, 6.07) is 23.2. The predicted octanol–water partition coefficient (Wildman–Crippen LogP) is 3.52. The Kier molecular flexibility index (Phi) is 9.90. The third-order valence-electron chi connectivity index (χ3n) is 6.07. The zero-order valence-electron chi connectivity index (χ0n) is 20.5. The van der Waals surface area contributed by atoms with Gasteiger partial charge in [0.2, 0.25) is 5.91 Å². The van der Waals surface area contributed by atoms with E-state index in [9.17, 15) is 9.59 Å². The van der Waals surface area contributed by atoms with Crippen LogP contribution in [0.1, 0.15) is 10.4 Å². The van der Waals surface area contributed by atoms with E-state index in [1.54, 1.807) is 16.2 Å². The van der Waals surface area contributed by atoms with E-state index in [0.717, 1.165) is 23.5 Å². The molecule has 8 heteroatoms. The van der Waals surface area contributed by atoms with E-state index in [-0.39, 0.29) is 25.0 Å². The second-order valence-corrected chi connectivity index (χ2v) is 9.72. The quantitative estimate of drug-likeness (QED) is 0.376. The minimum Gasteiger partial charge on any atom is -0.484 e. The van der Waals surface area contributed by atoms with Crippen LogP contribution in [-0.4, -0.2) is 79.1 Å². The van der Waals surface area contributed by atoms with E-state index >= 15 is 0 Å². The Labute approximate surface area is 216 Å². The zero-order valence-corrected chi connectivity index (χ0v) is 21.3. The molecule has 0 saturated carbocycles. The molecule has 0 bridgehead atoms. The molecule has 1 saturated heterocycles. The molecule has 0 N–H and O–H groups in total. The molecular weight excluding hydrogens is 474 g/mol. The average molecular weight is 508 g/mol. The van der Waals surface area contributed by atoms with E-state index < -0.39 is 0 Å². The average Bonchev–Trinajstić information content (AvgIpc) is 3.44. The first-order valence-corrected chi connectivity index (χ1v) is 13.1. The van der Waals surface area contributed by atoms with Crippen LogP contribution in [0.2, 0.25) is 0 Å². The summed E-state index contributed by atoms with van der Waals surface area (Å²) in [5.41, 5.74) is 1.06. The Balaban J connectivity index is 1.44. The molecule has 1 aliphatic heterocycles. The van der Waals surface area contributed by atoms with Gasteiger partial charge in [0.05, 0.1) is 26.3 Å². The SMILES string of the molecule is O=C(COc1ccccc1)N(CCN1CCOCC1)CC(=O)N(Cc1ccccc1)Cc1cccs1. The molecule has 4 rings (SSSR count). The molecule has 1 aliphatic rings. The number of ether oxygens (including phenoxy) is 2. The molecule has 0 atom stereocenters. The minimum atomic E-state index is -0.198. The molecular formula is C28H33N3O4S. The van der Waals surface area contributed by atoms with Gasteiger partial charge in [-0.2, -0.15) is 0 Å². The number of para-hydroxylation sites is 1. The Morgan fingerprint density at radius 3 is 2.28 bits per heavy atom. The van der Waals surface area contributed by atoms with Crippen LogP contribution in [-0.2, 0) is 27.4 Å². The largest absolute Gasteiger partial charge is 0.484 e. The van der Waals surface area contributed by atoms with E-state index in [1.807, 2.05) is 83.1 Å². The Morgan fingerprint density at radius 1 is 0.861 bits per heavy atom. The van der Waals surface area contributed by atoms with Crippen molar-refractivity contribution < 1.29 is 19.1 Å². The van der Waals surface area contributed by atoms with Crippen LogP contribution in [0.3, 0.4) is 0 Å². The summed E-state index contributed by atoms with van der Waals surface area (Å²) in [5, 5.41) is 2.01. The van der Waals surface area contributed by atoms with E-state index in [4.69, 9.17) is 9.47 Å². The van der Waals surface area contributed by atoms with Gasteiger partial charge in [-0.05, 0) is 29.1 Å². The number of carbonyl (C=O) groups is 2.